The predicted octanol–water partition coefficient (Wildman–Crippen LogP) is 2.01. The summed E-state index contributed by atoms with van der Waals surface area (Å²) in [4.78, 5) is 0. The summed E-state index contributed by atoms with van der Waals surface area (Å²) in [5, 5.41) is 18.2. The molecule has 0 radical (unpaired) electrons. The molecular weight excluding hydrogens is 150 g/mol. The van der Waals surface area contributed by atoms with Gasteiger partial charge < -0.3 is 5.11 Å². The van der Waals surface area contributed by atoms with Crippen LogP contribution < -0.4 is 0 Å². The number of hydrogen-bond acceptors (Lipinski definition) is 2. The Kier molecular flexibility index (Phi) is 2.54. The van der Waals surface area contributed by atoms with Crippen LogP contribution in [0, 0.1) is 17.2 Å². The lowest BCUT2D eigenvalue weighted by molar-refractivity contribution is 0.0476. The van der Waals surface area contributed by atoms with Gasteiger partial charge in [-0.25, -0.2) is 0 Å². The second-order valence-corrected chi connectivity index (χ2v) is 3.76. The number of nitriles is 1. The SMILES string of the molecule is C=C(C)C1CCC(O)(C#N)CC1. The summed E-state index contributed by atoms with van der Waals surface area (Å²) in [5.41, 5.74) is 0.126. The van der Waals surface area contributed by atoms with Crippen LogP contribution in [0.25, 0.3) is 0 Å². The molecule has 0 aromatic heterocycles. The molecule has 0 unspecified atom stereocenters. The van der Waals surface area contributed by atoms with Crippen LogP contribution in [0.5, 0.6) is 0 Å². The Morgan fingerprint density at radius 3 is 2.42 bits per heavy atom. The van der Waals surface area contributed by atoms with E-state index in [1.807, 2.05) is 13.0 Å². The highest BCUT2D eigenvalue weighted by Crippen LogP contribution is 2.34. The first-order chi connectivity index (χ1) is 5.57. The molecule has 0 aliphatic heterocycles. The molecular formula is C10H15NO. The van der Waals surface area contributed by atoms with Gasteiger partial charge in [-0.2, -0.15) is 5.26 Å². The van der Waals surface area contributed by atoms with Crippen molar-refractivity contribution in [3.63, 3.8) is 0 Å². The highest BCUT2D eigenvalue weighted by molar-refractivity contribution is 5.07. The fraction of sp³-hybridized carbons (Fsp3) is 0.700. The highest BCUT2D eigenvalue weighted by atomic mass is 16.3. The van der Waals surface area contributed by atoms with Crippen molar-refractivity contribution in [1.82, 2.24) is 0 Å². The van der Waals surface area contributed by atoms with Crippen LogP contribution in [-0.2, 0) is 0 Å². The lowest BCUT2D eigenvalue weighted by Gasteiger charge is -2.30. The molecule has 66 valence electrons. The van der Waals surface area contributed by atoms with Crippen LogP contribution in [0.15, 0.2) is 12.2 Å². The van der Waals surface area contributed by atoms with E-state index in [1.165, 1.54) is 5.57 Å². The van der Waals surface area contributed by atoms with Gasteiger partial charge in [0.1, 0.15) is 0 Å². The van der Waals surface area contributed by atoms with Crippen molar-refractivity contribution >= 4 is 0 Å². The van der Waals surface area contributed by atoms with E-state index in [-0.39, 0.29) is 0 Å². The molecule has 1 rings (SSSR count). The Morgan fingerprint density at radius 1 is 1.58 bits per heavy atom. The molecule has 2 nitrogen and oxygen atoms in total. The zero-order valence-corrected chi connectivity index (χ0v) is 7.51. The third kappa shape index (κ3) is 1.86. The van der Waals surface area contributed by atoms with Crippen LogP contribution in [0.4, 0.5) is 0 Å². The lowest BCUT2D eigenvalue weighted by Crippen LogP contribution is -2.32. The fourth-order valence-corrected chi connectivity index (χ4v) is 1.70. The summed E-state index contributed by atoms with van der Waals surface area (Å²) >= 11 is 0. The minimum atomic E-state index is -1.05. The Labute approximate surface area is 73.5 Å². The first-order valence-electron chi connectivity index (χ1n) is 4.36. The molecule has 1 aliphatic rings. The zero-order valence-electron chi connectivity index (χ0n) is 7.51. The standard InChI is InChI=1S/C10H15NO/c1-8(2)9-3-5-10(12,7-11)6-4-9/h9,12H,1,3-6H2,2H3. The van der Waals surface area contributed by atoms with E-state index >= 15 is 0 Å². The molecule has 0 saturated heterocycles. The summed E-state index contributed by atoms with van der Waals surface area (Å²) in [6, 6.07) is 1.97. The normalized spacial score (nSPS) is 35.6. The number of nitrogens with zero attached hydrogens (tertiary/aromatic N) is 1. The molecule has 0 bridgehead atoms. The van der Waals surface area contributed by atoms with Crippen LogP contribution in [0.2, 0.25) is 0 Å². The van der Waals surface area contributed by atoms with Gasteiger partial charge in [0.15, 0.2) is 5.60 Å². The predicted molar refractivity (Wildman–Crippen MR) is 47.3 cm³/mol. The molecule has 0 spiro atoms. The van der Waals surface area contributed by atoms with Gasteiger partial charge in [0.05, 0.1) is 6.07 Å². The summed E-state index contributed by atoms with van der Waals surface area (Å²) in [6.45, 7) is 5.90. The monoisotopic (exact) mass is 165 g/mol. The van der Waals surface area contributed by atoms with Crippen molar-refractivity contribution < 1.29 is 5.11 Å². The molecule has 0 amide bonds. The van der Waals surface area contributed by atoms with E-state index in [9.17, 15) is 5.11 Å². The molecule has 1 saturated carbocycles. The van der Waals surface area contributed by atoms with E-state index in [2.05, 4.69) is 6.58 Å². The van der Waals surface area contributed by atoms with Gasteiger partial charge in [0.2, 0.25) is 0 Å². The molecule has 1 fully saturated rings. The third-order valence-corrected chi connectivity index (χ3v) is 2.72. The van der Waals surface area contributed by atoms with Crippen molar-refractivity contribution in [3.8, 4) is 6.07 Å². The molecule has 0 aromatic rings. The van der Waals surface area contributed by atoms with Gasteiger partial charge in [0, 0.05) is 0 Å². The van der Waals surface area contributed by atoms with Gasteiger partial charge >= 0.3 is 0 Å². The van der Waals surface area contributed by atoms with Gasteiger partial charge in [-0.05, 0) is 38.5 Å². The average Bonchev–Trinajstić information content (AvgIpc) is 2.05. The van der Waals surface area contributed by atoms with Crippen molar-refractivity contribution in [1.29, 1.82) is 5.26 Å². The lowest BCUT2D eigenvalue weighted by atomic mass is 9.77. The average molecular weight is 165 g/mol. The van der Waals surface area contributed by atoms with Crippen LogP contribution in [0.3, 0.4) is 0 Å². The molecule has 1 aliphatic carbocycles. The minimum Gasteiger partial charge on any atom is -0.375 e. The zero-order chi connectivity index (χ0) is 9.19. The molecule has 2 heteroatoms. The first kappa shape index (κ1) is 9.28. The largest absolute Gasteiger partial charge is 0.375 e. The molecule has 0 heterocycles. The highest BCUT2D eigenvalue weighted by Gasteiger charge is 2.32. The van der Waals surface area contributed by atoms with E-state index in [0.29, 0.717) is 18.8 Å². The van der Waals surface area contributed by atoms with E-state index in [4.69, 9.17) is 5.26 Å². The van der Waals surface area contributed by atoms with Crippen LogP contribution >= 0.6 is 0 Å². The Hall–Kier alpha value is -0.810. The number of allylic oxidation sites excluding steroid dienone is 1. The molecule has 12 heavy (non-hydrogen) atoms. The van der Waals surface area contributed by atoms with Gasteiger partial charge in [0.25, 0.3) is 0 Å². The Morgan fingerprint density at radius 2 is 2.08 bits per heavy atom. The molecule has 1 N–H and O–H groups in total. The number of rotatable bonds is 1. The van der Waals surface area contributed by atoms with Crippen molar-refractivity contribution in [2.75, 3.05) is 0 Å². The van der Waals surface area contributed by atoms with Gasteiger partial charge in [-0.1, -0.05) is 12.2 Å². The summed E-state index contributed by atoms with van der Waals surface area (Å²) in [6.07, 6.45) is 3.00. The first-order valence-corrected chi connectivity index (χ1v) is 4.36. The smallest absolute Gasteiger partial charge is 0.151 e. The third-order valence-electron chi connectivity index (χ3n) is 2.72. The second-order valence-electron chi connectivity index (χ2n) is 3.76. The topological polar surface area (TPSA) is 44.0 Å². The summed E-state index contributed by atoms with van der Waals surface area (Å²) in [5.74, 6) is 0.513. The maximum atomic E-state index is 9.59. The minimum absolute atomic E-state index is 0.513. The van der Waals surface area contributed by atoms with E-state index < -0.39 is 5.60 Å². The maximum Gasteiger partial charge on any atom is 0.151 e. The molecule has 0 atom stereocenters. The van der Waals surface area contributed by atoms with Crippen LogP contribution in [-0.4, -0.2) is 10.7 Å². The van der Waals surface area contributed by atoms with Crippen LogP contribution in [0.1, 0.15) is 32.6 Å². The number of aliphatic hydroxyl groups is 1. The van der Waals surface area contributed by atoms with Crippen molar-refractivity contribution in [2.45, 2.75) is 38.2 Å². The fourth-order valence-electron chi connectivity index (χ4n) is 1.70. The van der Waals surface area contributed by atoms with Gasteiger partial charge in [-0.3, -0.25) is 0 Å². The Bertz CT molecular complexity index is 218. The van der Waals surface area contributed by atoms with E-state index in [1.54, 1.807) is 0 Å². The van der Waals surface area contributed by atoms with Crippen molar-refractivity contribution in [2.24, 2.45) is 5.92 Å². The summed E-state index contributed by atoms with van der Waals surface area (Å²) in [7, 11) is 0. The van der Waals surface area contributed by atoms with Crippen molar-refractivity contribution in [3.05, 3.63) is 12.2 Å². The summed E-state index contributed by atoms with van der Waals surface area (Å²) < 4.78 is 0. The maximum absolute atomic E-state index is 9.59. The van der Waals surface area contributed by atoms with E-state index in [0.717, 1.165) is 12.8 Å². The number of hydrogen-bond donors (Lipinski definition) is 1. The quantitative estimate of drug-likeness (QED) is 0.477. The van der Waals surface area contributed by atoms with Gasteiger partial charge in [-0.15, -0.1) is 0 Å². The molecule has 0 aromatic carbocycles. The Balaban J connectivity index is 2.51. The second kappa shape index (κ2) is 3.28.